The molecule has 148 valence electrons. The number of nitrogens with one attached hydrogen (secondary N) is 2. The first-order chi connectivity index (χ1) is 13.2. The molecule has 1 aliphatic heterocycles. The first-order valence-corrected chi connectivity index (χ1v) is 10.9. The average Bonchev–Trinajstić information content (AvgIpc) is 3.17. The van der Waals surface area contributed by atoms with Crippen molar-refractivity contribution in [1.82, 2.24) is 4.90 Å². The Hall–Kier alpha value is -2.87. The molecule has 2 N–H and O–H groups in total. The number of nitrogens with zero attached hydrogens (tertiary/aromatic N) is 1. The van der Waals surface area contributed by atoms with E-state index in [0.29, 0.717) is 28.1 Å². The second-order valence-electron chi connectivity index (χ2n) is 6.90. The zero-order valence-electron chi connectivity index (χ0n) is 15.9. The molecule has 1 fully saturated rings. The highest BCUT2D eigenvalue weighted by molar-refractivity contribution is 7.92. The predicted octanol–water partition coefficient (Wildman–Crippen LogP) is 2.85. The highest BCUT2D eigenvalue weighted by Gasteiger charge is 2.22. The lowest BCUT2D eigenvalue weighted by Gasteiger charge is -2.18. The zero-order chi connectivity index (χ0) is 20.3. The van der Waals surface area contributed by atoms with E-state index in [9.17, 15) is 18.0 Å². The van der Waals surface area contributed by atoms with Crippen LogP contribution < -0.4 is 10.0 Å². The number of benzene rings is 2. The smallest absolute Gasteiger partial charge is 0.255 e. The van der Waals surface area contributed by atoms with Crippen LogP contribution in [0, 0.1) is 6.92 Å². The van der Waals surface area contributed by atoms with Crippen molar-refractivity contribution in [3.63, 3.8) is 0 Å². The Kier molecular flexibility index (Phi) is 5.69. The van der Waals surface area contributed by atoms with Gasteiger partial charge in [-0.25, -0.2) is 8.42 Å². The molecule has 0 saturated carbocycles. The molecule has 2 aromatic rings. The molecule has 28 heavy (non-hydrogen) atoms. The van der Waals surface area contributed by atoms with E-state index in [1.165, 1.54) is 0 Å². The number of carbonyl (C=O) groups is 2. The normalized spacial score (nSPS) is 14.0. The Labute approximate surface area is 164 Å². The second-order valence-corrected chi connectivity index (χ2v) is 8.65. The van der Waals surface area contributed by atoms with Crippen LogP contribution >= 0.6 is 0 Å². The minimum Gasteiger partial charge on any atom is -0.339 e. The molecular formula is C20H23N3O4S. The van der Waals surface area contributed by atoms with E-state index in [1.54, 1.807) is 54.3 Å². The molecule has 0 atom stereocenters. The first kappa shape index (κ1) is 19.9. The fraction of sp³-hybridized carbons (Fsp3) is 0.300. The number of amides is 2. The summed E-state index contributed by atoms with van der Waals surface area (Å²) in [6.45, 7) is 3.18. The highest BCUT2D eigenvalue weighted by atomic mass is 32.2. The van der Waals surface area contributed by atoms with Crippen LogP contribution in [-0.4, -0.2) is 44.5 Å². The van der Waals surface area contributed by atoms with Crippen molar-refractivity contribution in [1.29, 1.82) is 0 Å². The van der Waals surface area contributed by atoms with E-state index in [1.807, 2.05) is 0 Å². The van der Waals surface area contributed by atoms with Crippen molar-refractivity contribution in [2.45, 2.75) is 19.8 Å². The van der Waals surface area contributed by atoms with Gasteiger partial charge in [0.15, 0.2) is 0 Å². The van der Waals surface area contributed by atoms with Crippen molar-refractivity contribution in [2.24, 2.45) is 0 Å². The Bertz CT molecular complexity index is 1010. The molecule has 0 radical (unpaired) electrons. The fourth-order valence-electron chi connectivity index (χ4n) is 3.18. The fourth-order valence-corrected chi connectivity index (χ4v) is 3.81. The molecule has 2 aromatic carbocycles. The number of rotatable bonds is 5. The van der Waals surface area contributed by atoms with Crippen LogP contribution in [0.25, 0.3) is 0 Å². The van der Waals surface area contributed by atoms with Crippen LogP contribution in [0.1, 0.15) is 39.1 Å². The van der Waals surface area contributed by atoms with Crippen molar-refractivity contribution >= 4 is 33.2 Å². The monoisotopic (exact) mass is 401 g/mol. The molecule has 7 nitrogen and oxygen atoms in total. The molecule has 3 rings (SSSR count). The maximum absolute atomic E-state index is 12.7. The van der Waals surface area contributed by atoms with Gasteiger partial charge in [0.2, 0.25) is 10.0 Å². The third kappa shape index (κ3) is 4.69. The molecule has 0 aliphatic carbocycles. The van der Waals surface area contributed by atoms with E-state index in [-0.39, 0.29) is 11.8 Å². The van der Waals surface area contributed by atoms with Crippen LogP contribution in [0.3, 0.4) is 0 Å². The van der Waals surface area contributed by atoms with Gasteiger partial charge in [0, 0.05) is 18.7 Å². The number of carbonyl (C=O) groups excluding carboxylic acids is 2. The van der Waals surface area contributed by atoms with Crippen LogP contribution in [0.4, 0.5) is 11.4 Å². The van der Waals surface area contributed by atoms with Gasteiger partial charge < -0.3 is 10.2 Å². The van der Waals surface area contributed by atoms with Gasteiger partial charge in [0.1, 0.15) is 0 Å². The Morgan fingerprint density at radius 1 is 1.00 bits per heavy atom. The van der Waals surface area contributed by atoms with Gasteiger partial charge in [-0.05, 0) is 55.7 Å². The van der Waals surface area contributed by atoms with E-state index in [0.717, 1.165) is 32.2 Å². The van der Waals surface area contributed by atoms with Crippen molar-refractivity contribution in [3.05, 3.63) is 59.2 Å². The lowest BCUT2D eigenvalue weighted by molar-refractivity contribution is 0.0794. The number of likely N-dealkylation sites (tertiary alicyclic amines) is 1. The molecule has 1 heterocycles. The van der Waals surface area contributed by atoms with E-state index in [2.05, 4.69) is 10.0 Å². The predicted molar refractivity (Wildman–Crippen MR) is 109 cm³/mol. The summed E-state index contributed by atoms with van der Waals surface area (Å²) in [4.78, 5) is 27.2. The van der Waals surface area contributed by atoms with Gasteiger partial charge in [-0.3, -0.25) is 14.3 Å². The summed E-state index contributed by atoms with van der Waals surface area (Å²) in [5, 5.41) is 2.80. The maximum Gasteiger partial charge on any atom is 0.255 e. The number of aryl methyl sites for hydroxylation is 1. The van der Waals surface area contributed by atoms with Gasteiger partial charge in [0.25, 0.3) is 11.8 Å². The molecule has 8 heteroatoms. The van der Waals surface area contributed by atoms with Crippen LogP contribution in [0.5, 0.6) is 0 Å². The van der Waals surface area contributed by atoms with Gasteiger partial charge in [-0.15, -0.1) is 0 Å². The Morgan fingerprint density at radius 2 is 1.68 bits per heavy atom. The number of hydrogen-bond acceptors (Lipinski definition) is 4. The summed E-state index contributed by atoms with van der Waals surface area (Å²) in [7, 11) is -3.40. The third-order valence-electron chi connectivity index (χ3n) is 4.58. The first-order valence-electron chi connectivity index (χ1n) is 9.03. The number of sulfonamides is 1. The highest BCUT2D eigenvalue weighted by Crippen LogP contribution is 2.22. The Morgan fingerprint density at radius 3 is 2.32 bits per heavy atom. The molecule has 1 saturated heterocycles. The molecule has 0 spiro atoms. The van der Waals surface area contributed by atoms with Crippen LogP contribution in [0.15, 0.2) is 42.5 Å². The lowest BCUT2D eigenvalue weighted by atomic mass is 10.1. The van der Waals surface area contributed by atoms with Gasteiger partial charge in [-0.1, -0.05) is 12.1 Å². The van der Waals surface area contributed by atoms with Crippen LogP contribution in [0.2, 0.25) is 0 Å². The maximum atomic E-state index is 12.7. The molecular weight excluding hydrogens is 378 g/mol. The molecule has 0 unspecified atom stereocenters. The topological polar surface area (TPSA) is 95.6 Å². The van der Waals surface area contributed by atoms with Gasteiger partial charge in [0.05, 0.1) is 23.2 Å². The minimum absolute atomic E-state index is 0.0859. The zero-order valence-corrected chi connectivity index (χ0v) is 16.7. The van der Waals surface area contributed by atoms with Crippen molar-refractivity contribution in [2.75, 3.05) is 29.4 Å². The number of anilines is 2. The summed E-state index contributed by atoms with van der Waals surface area (Å²) in [6, 6.07) is 11.6. The SMILES string of the molecule is Cc1cc(C(=O)Nc2ccccc2C(=O)N2CCCC2)ccc1NS(C)(=O)=O. The van der Waals surface area contributed by atoms with Gasteiger partial charge in [-0.2, -0.15) is 0 Å². The molecule has 0 aromatic heterocycles. The molecule has 0 bridgehead atoms. The standard InChI is InChI=1S/C20H23N3O4S/c1-14-13-15(9-10-17(14)22-28(2,26)27)19(24)21-18-8-4-3-7-16(18)20(25)23-11-5-6-12-23/h3-4,7-10,13,22H,5-6,11-12H2,1-2H3,(H,21,24). The quantitative estimate of drug-likeness (QED) is 0.805. The minimum atomic E-state index is -3.40. The van der Waals surface area contributed by atoms with Crippen molar-refractivity contribution < 1.29 is 18.0 Å². The number of hydrogen-bond donors (Lipinski definition) is 2. The largest absolute Gasteiger partial charge is 0.339 e. The van der Waals surface area contributed by atoms with E-state index in [4.69, 9.17) is 0 Å². The summed E-state index contributed by atoms with van der Waals surface area (Å²) < 4.78 is 25.2. The van der Waals surface area contributed by atoms with Gasteiger partial charge >= 0.3 is 0 Å². The van der Waals surface area contributed by atoms with E-state index < -0.39 is 10.0 Å². The summed E-state index contributed by atoms with van der Waals surface area (Å²) >= 11 is 0. The molecule has 1 aliphatic rings. The van der Waals surface area contributed by atoms with E-state index >= 15 is 0 Å². The van der Waals surface area contributed by atoms with Crippen molar-refractivity contribution in [3.8, 4) is 0 Å². The average molecular weight is 401 g/mol. The summed E-state index contributed by atoms with van der Waals surface area (Å²) in [6.07, 6.45) is 3.06. The number of para-hydroxylation sites is 1. The molecule has 2 amide bonds. The summed E-state index contributed by atoms with van der Waals surface area (Å²) in [5.41, 5.74) is 2.34. The Balaban J connectivity index is 1.80. The lowest BCUT2D eigenvalue weighted by Crippen LogP contribution is -2.28. The van der Waals surface area contributed by atoms with Crippen LogP contribution in [-0.2, 0) is 10.0 Å². The second kappa shape index (κ2) is 8.02. The third-order valence-corrected chi connectivity index (χ3v) is 5.17. The summed E-state index contributed by atoms with van der Waals surface area (Å²) in [5.74, 6) is -0.451.